The molecule has 0 fully saturated rings. The van der Waals surface area contributed by atoms with Crippen molar-refractivity contribution in [1.29, 1.82) is 0 Å². The monoisotopic (exact) mass is 534 g/mol. The van der Waals surface area contributed by atoms with Gasteiger partial charge in [0, 0.05) is 22.5 Å². The Morgan fingerprint density at radius 2 is 2.09 bits per heavy atom. The number of hydrogen-bond donors (Lipinski definition) is 0. The predicted octanol–water partition coefficient (Wildman–Crippen LogP) is 6.12. The second kappa shape index (κ2) is 10.9. The van der Waals surface area contributed by atoms with Crippen molar-refractivity contribution >= 4 is 50.3 Å². The van der Waals surface area contributed by atoms with Gasteiger partial charge in [0.05, 0.1) is 33.2 Å². The Bertz CT molecular complexity index is 1280. The summed E-state index contributed by atoms with van der Waals surface area (Å²) < 4.78 is 7.66. The molecule has 3 rings (SSSR count). The summed E-state index contributed by atoms with van der Waals surface area (Å²) in [7, 11) is 0. The van der Waals surface area contributed by atoms with Crippen molar-refractivity contribution in [2.24, 2.45) is 5.10 Å². The lowest BCUT2D eigenvalue weighted by Crippen LogP contribution is -2.22. The van der Waals surface area contributed by atoms with Crippen LogP contribution in [-0.2, 0) is 6.42 Å². The number of aryl methyl sites for hydroxylation is 1. The van der Waals surface area contributed by atoms with Gasteiger partial charge in [-0.2, -0.15) is 9.78 Å². The van der Waals surface area contributed by atoms with Crippen molar-refractivity contribution < 1.29 is 9.66 Å². The van der Waals surface area contributed by atoms with Crippen LogP contribution in [0.5, 0.6) is 5.75 Å². The minimum absolute atomic E-state index is 0.0196. The van der Waals surface area contributed by atoms with Gasteiger partial charge in [0.15, 0.2) is 0 Å². The fraction of sp³-hybridized carbons (Fsp3) is 0.348. The Kier molecular flexibility index (Phi) is 8.20. The van der Waals surface area contributed by atoms with Gasteiger partial charge in [-0.15, -0.1) is 0 Å². The maximum Gasteiger partial charge on any atom is 0.313 e. The Hall–Kier alpha value is -2.78. The van der Waals surface area contributed by atoms with E-state index >= 15 is 0 Å². The highest BCUT2D eigenvalue weighted by molar-refractivity contribution is 9.10. The molecule has 0 N–H and O–H groups in total. The van der Waals surface area contributed by atoms with Gasteiger partial charge in [0.25, 0.3) is 5.56 Å². The Morgan fingerprint density at radius 1 is 1.33 bits per heavy atom. The lowest BCUT2D eigenvalue weighted by molar-refractivity contribution is -0.386. The highest BCUT2D eigenvalue weighted by Crippen LogP contribution is 2.36. The van der Waals surface area contributed by atoms with Crippen molar-refractivity contribution in [3.8, 4) is 5.75 Å². The molecule has 174 valence electrons. The number of hydrogen-bond acceptors (Lipinski definition) is 6. The number of aromatic nitrogens is 2. The zero-order valence-electron chi connectivity index (χ0n) is 18.5. The zero-order chi connectivity index (χ0) is 24.1. The number of halogens is 2. The molecule has 2 aromatic carbocycles. The summed E-state index contributed by atoms with van der Waals surface area (Å²) in [4.78, 5) is 28.9. The molecule has 1 atom stereocenters. The highest BCUT2D eigenvalue weighted by Gasteiger charge is 2.22. The summed E-state index contributed by atoms with van der Waals surface area (Å²) in [5.74, 6) is 0.538. The van der Waals surface area contributed by atoms with Gasteiger partial charge in [0.2, 0.25) is 5.75 Å². The number of nitro groups is 1. The average molecular weight is 536 g/mol. The fourth-order valence-electron chi connectivity index (χ4n) is 3.15. The second-order valence-corrected chi connectivity index (χ2v) is 8.92. The number of benzene rings is 2. The molecular weight excluding hydrogens is 512 g/mol. The quantitative estimate of drug-likeness (QED) is 0.187. The Morgan fingerprint density at radius 3 is 2.76 bits per heavy atom. The number of unbranched alkanes of at least 4 members (excludes halogenated alkanes) is 1. The molecule has 0 saturated heterocycles. The third kappa shape index (κ3) is 5.78. The minimum Gasteiger partial charge on any atom is -0.483 e. The molecule has 3 aromatic rings. The molecule has 0 aliphatic carbocycles. The zero-order valence-corrected chi connectivity index (χ0v) is 20.9. The van der Waals surface area contributed by atoms with Crippen molar-refractivity contribution in [3.63, 3.8) is 0 Å². The van der Waals surface area contributed by atoms with Gasteiger partial charge in [0.1, 0.15) is 5.82 Å². The van der Waals surface area contributed by atoms with Gasteiger partial charge in [-0.3, -0.25) is 14.9 Å². The Labute approximate surface area is 204 Å². The molecule has 0 unspecified atom stereocenters. The molecule has 0 saturated carbocycles. The van der Waals surface area contributed by atoms with Crippen molar-refractivity contribution in [2.75, 3.05) is 0 Å². The van der Waals surface area contributed by atoms with E-state index in [4.69, 9.17) is 16.3 Å². The standard InChI is InChI=1S/C23H24BrClN4O4/c1-4-6-7-21-27-19-9-8-16(24)12-17(19)23(30)28(21)26-13-15-10-18(25)22(33-14(3)5-2)20(11-15)29(31)32/h8-14H,4-7H2,1-3H3/t14-/m1/s1. The molecule has 0 spiro atoms. The first-order chi connectivity index (χ1) is 15.7. The van der Waals surface area contributed by atoms with E-state index in [0.717, 1.165) is 17.3 Å². The predicted molar refractivity (Wildman–Crippen MR) is 134 cm³/mol. The maximum absolute atomic E-state index is 13.2. The van der Waals surface area contributed by atoms with E-state index in [0.29, 0.717) is 35.1 Å². The summed E-state index contributed by atoms with van der Waals surface area (Å²) in [5.41, 5.74) is 0.376. The average Bonchev–Trinajstić information content (AvgIpc) is 2.78. The molecule has 33 heavy (non-hydrogen) atoms. The van der Waals surface area contributed by atoms with Crippen LogP contribution in [0.4, 0.5) is 5.69 Å². The van der Waals surface area contributed by atoms with Gasteiger partial charge < -0.3 is 4.74 Å². The van der Waals surface area contributed by atoms with E-state index in [1.165, 1.54) is 23.0 Å². The first-order valence-electron chi connectivity index (χ1n) is 10.6. The van der Waals surface area contributed by atoms with Gasteiger partial charge >= 0.3 is 5.69 Å². The number of nitrogens with zero attached hydrogens (tertiary/aromatic N) is 4. The molecule has 0 amide bonds. The number of nitro benzene ring substituents is 1. The summed E-state index contributed by atoms with van der Waals surface area (Å²) in [6.07, 6.45) is 4.14. The molecule has 0 bridgehead atoms. The van der Waals surface area contributed by atoms with Crippen LogP contribution in [0.2, 0.25) is 5.02 Å². The third-order valence-electron chi connectivity index (χ3n) is 5.09. The first-order valence-corrected chi connectivity index (χ1v) is 11.8. The normalized spacial score (nSPS) is 12.4. The smallest absolute Gasteiger partial charge is 0.313 e. The Balaban J connectivity index is 2.10. The summed E-state index contributed by atoms with van der Waals surface area (Å²) in [6, 6.07) is 8.16. The summed E-state index contributed by atoms with van der Waals surface area (Å²) in [6.45, 7) is 5.77. The van der Waals surface area contributed by atoms with Crippen LogP contribution in [0, 0.1) is 10.1 Å². The van der Waals surface area contributed by atoms with Crippen LogP contribution >= 0.6 is 27.5 Å². The second-order valence-electron chi connectivity index (χ2n) is 7.60. The van der Waals surface area contributed by atoms with Crippen LogP contribution in [0.25, 0.3) is 10.9 Å². The number of fused-ring (bicyclic) bond motifs is 1. The van der Waals surface area contributed by atoms with Crippen molar-refractivity contribution in [2.45, 2.75) is 52.6 Å². The number of ether oxygens (including phenoxy) is 1. The minimum atomic E-state index is -0.547. The molecule has 0 aliphatic rings. The maximum atomic E-state index is 13.2. The topological polar surface area (TPSA) is 99.6 Å². The lowest BCUT2D eigenvalue weighted by atomic mass is 10.2. The van der Waals surface area contributed by atoms with Crippen LogP contribution in [0.1, 0.15) is 51.4 Å². The van der Waals surface area contributed by atoms with E-state index < -0.39 is 4.92 Å². The van der Waals surface area contributed by atoms with E-state index in [1.54, 1.807) is 12.1 Å². The summed E-state index contributed by atoms with van der Waals surface area (Å²) in [5, 5.41) is 16.5. The molecule has 1 aromatic heterocycles. The number of rotatable bonds is 9. The molecule has 0 aliphatic heterocycles. The molecule has 8 nitrogen and oxygen atoms in total. The molecule has 1 heterocycles. The SMILES string of the molecule is CCCCc1nc2ccc(Br)cc2c(=O)n1N=Cc1cc(Cl)c(O[C@H](C)CC)c([N+](=O)[O-])c1. The molecular formula is C23H24BrClN4O4. The van der Waals surface area contributed by atoms with E-state index in [2.05, 4.69) is 26.0 Å². The van der Waals surface area contributed by atoms with Gasteiger partial charge in [-0.1, -0.05) is 47.8 Å². The largest absolute Gasteiger partial charge is 0.483 e. The summed E-state index contributed by atoms with van der Waals surface area (Å²) >= 11 is 9.69. The fourth-order valence-corrected chi connectivity index (χ4v) is 3.77. The van der Waals surface area contributed by atoms with Crippen molar-refractivity contribution in [1.82, 2.24) is 9.66 Å². The molecule has 10 heteroatoms. The van der Waals surface area contributed by atoms with E-state index in [1.807, 2.05) is 26.8 Å². The van der Waals surface area contributed by atoms with Gasteiger partial charge in [-0.25, -0.2) is 4.98 Å². The van der Waals surface area contributed by atoms with Crippen LogP contribution in [0.3, 0.4) is 0 Å². The first kappa shape index (κ1) is 24.9. The van der Waals surface area contributed by atoms with Crippen molar-refractivity contribution in [3.05, 3.63) is 71.7 Å². The highest BCUT2D eigenvalue weighted by atomic mass is 79.9. The third-order valence-corrected chi connectivity index (χ3v) is 5.86. The van der Waals surface area contributed by atoms with E-state index in [9.17, 15) is 14.9 Å². The van der Waals surface area contributed by atoms with Crippen LogP contribution < -0.4 is 10.3 Å². The van der Waals surface area contributed by atoms with Crippen LogP contribution in [-0.4, -0.2) is 26.9 Å². The lowest BCUT2D eigenvalue weighted by Gasteiger charge is -2.14. The van der Waals surface area contributed by atoms with Crippen LogP contribution in [0.15, 0.2) is 44.7 Å². The van der Waals surface area contributed by atoms with Gasteiger partial charge in [-0.05, 0) is 44.0 Å². The molecule has 0 radical (unpaired) electrons. The van der Waals surface area contributed by atoms with E-state index in [-0.39, 0.29) is 28.1 Å².